The van der Waals surface area contributed by atoms with Gasteiger partial charge in [0.05, 0.1) is 15.3 Å². The Morgan fingerprint density at radius 1 is 1.00 bits per heavy atom. The summed E-state index contributed by atoms with van der Waals surface area (Å²) in [6, 6.07) is 9.77. The van der Waals surface area contributed by atoms with Crippen molar-refractivity contribution in [3.8, 4) is 11.5 Å². The third-order valence-corrected chi connectivity index (χ3v) is 8.46. The van der Waals surface area contributed by atoms with Crippen LogP contribution in [0.25, 0.3) is 10.9 Å². The van der Waals surface area contributed by atoms with Gasteiger partial charge in [-0.25, -0.2) is 8.42 Å². The molecular formula is C24H25N3O7S. The minimum atomic E-state index is -4.01. The van der Waals surface area contributed by atoms with E-state index in [1.54, 1.807) is 18.2 Å². The molecule has 2 heterocycles. The fourth-order valence-electron chi connectivity index (χ4n) is 4.73. The largest absolute Gasteiger partial charge is 0.486 e. The zero-order valence-corrected chi connectivity index (χ0v) is 19.8. The highest BCUT2D eigenvalue weighted by Gasteiger charge is 2.33. The average Bonchev–Trinajstić information content (AvgIpc) is 2.86. The van der Waals surface area contributed by atoms with Crippen LogP contribution in [-0.4, -0.2) is 41.9 Å². The summed E-state index contributed by atoms with van der Waals surface area (Å²) in [4.78, 5) is 26.2. The van der Waals surface area contributed by atoms with E-state index in [4.69, 9.17) is 9.47 Å². The smallest absolute Gasteiger partial charge is 0.269 e. The molecule has 1 fully saturated rings. The van der Waals surface area contributed by atoms with E-state index in [9.17, 15) is 23.3 Å². The maximum Gasteiger partial charge on any atom is 0.269 e. The summed E-state index contributed by atoms with van der Waals surface area (Å²) in [7, 11) is -4.01. The number of nitro benzene ring substituents is 1. The number of sulfonamides is 1. The van der Waals surface area contributed by atoms with Crippen molar-refractivity contribution in [2.75, 3.05) is 13.2 Å². The van der Waals surface area contributed by atoms with Crippen LogP contribution in [0.5, 0.6) is 11.5 Å². The molecule has 10 nitrogen and oxygen atoms in total. The SMILES string of the molecule is O=c1[nH]c2cc3c(cc2cc1CN(C1CCCCC1)S(=O)(=O)c1ccc([N+](=O)[O-])cc1)OCCO3. The molecule has 5 rings (SSSR count). The molecule has 0 radical (unpaired) electrons. The molecule has 0 spiro atoms. The van der Waals surface area contributed by atoms with Crippen molar-refractivity contribution in [2.45, 2.75) is 49.6 Å². The molecule has 0 saturated heterocycles. The molecule has 11 heteroatoms. The molecule has 1 aromatic heterocycles. The molecular weight excluding hydrogens is 474 g/mol. The number of rotatable bonds is 6. The van der Waals surface area contributed by atoms with Crippen LogP contribution in [0.15, 0.2) is 52.2 Å². The third-order valence-electron chi connectivity index (χ3n) is 6.55. The quantitative estimate of drug-likeness (QED) is 0.404. The number of ether oxygens (including phenoxy) is 2. The van der Waals surface area contributed by atoms with Gasteiger partial charge in [0.15, 0.2) is 11.5 Å². The Balaban J connectivity index is 1.54. The van der Waals surface area contributed by atoms with E-state index in [1.165, 1.54) is 28.6 Å². The van der Waals surface area contributed by atoms with E-state index in [0.717, 1.165) is 19.3 Å². The van der Waals surface area contributed by atoms with Gasteiger partial charge in [0, 0.05) is 41.7 Å². The summed E-state index contributed by atoms with van der Waals surface area (Å²) in [6.07, 6.45) is 4.21. The molecule has 2 aromatic carbocycles. The monoisotopic (exact) mass is 499 g/mol. The number of pyridine rings is 1. The van der Waals surface area contributed by atoms with E-state index in [1.807, 2.05) is 0 Å². The fourth-order valence-corrected chi connectivity index (χ4v) is 6.39. The second kappa shape index (κ2) is 9.31. The van der Waals surface area contributed by atoms with Crippen molar-refractivity contribution in [3.63, 3.8) is 0 Å². The van der Waals surface area contributed by atoms with Crippen LogP contribution in [0.4, 0.5) is 5.69 Å². The number of non-ortho nitro benzene ring substituents is 1. The van der Waals surface area contributed by atoms with Gasteiger partial charge in [0.2, 0.25) is 10.0 Å². The standard InChI is InChI=1S/C24H25N3O7S/c28-24-17(12-16-13-22-23(14-21(16)25-24)34-11-10-33-22)15-26(18-4-2-1-3-5-18)35(31,32)20-8-6-19(7-9-20)27(29)30/h6-9,12-14,18H,1-5,10-11,15H2,(H,25,28). The van der Waals surface area contributed by atoms with Crippen molar-refractivity contribution >= 4 is 26.6 Å². The molecule has 1 aliphatic carbocycles. The lowest BCUT2D eigenvalue weighted by atomic mass is 9.95. The predicted molar refractivity (Wildman–Crippen MR) is 128 cm³/mol. The maximum atomic E-state index is 13.7. The Kier molecular flexibility index (Phi) is 6.20. The highest BCUT2D eigenvalue weighted by molar-refractivity contribution is 7.89. The lowest BCUT2D eigenvalue weighted by Crippen LogP contribution is -2.42. The summed E-state index contributed by atoms with van der Waals surface area (Å²) in [6.45, 7) is 0.749. The molecule has 1 aliphatic heterocycles. The van der Waals surface area contributed by atoms with Crippen LogP contribution in [0, 0.1) is 10.1 Å². The number of hydrogen-bond acceptors (Lipinski definition) is 7. The highest BCUT2D eigenvalue weighted by Crippen LogP contribution is 2.34. The number of nitrogens with zero attached hydrogens (tertiary/aromatic N) is 2. The Bertz CT molecular complexity index is 1430. The second-order valence-corrected chi connectivity index (χ2v) is 10.7. The molecule has 35 heavy (non-hydrogen) atoms. The second-order valence-electron chi connectivity index (χ2n) is 8.80. The van der Waals surface area contributed by atoms with Crippen LogP contribution in [0.3, 0.4) is 0 Å². The number of nitro groups is 1. The Morgan fingerprint density at radius 3 is 2.31 bits per heavy atom. The summed E-state index contributed by atoms with van der Waals surface area (Å²) in [5, 5.41) is 11.7. The van der Waals surface area contributed by atoms with E-state index in [0.29, 0.717) is 54.0 Å². The van der Waals surface area contributed by atoms with Crippen LogP contribution in [0.1, 0.15) is 37.7 Å². The van der Waals surface area contributed by atoms with E-state index in [-0.39, 0.29) is 28.7 Å². The number of fused-ring (bicyclic) bond motifs is 2. The third kappa shape index (κ3) is 4.61. The van der Waals surface area contributed by atoms with Gasteiger partial charge in [-0.1, -0.05) is 19.3 Å². The summed E-state index contributed by atoms with van der Waals surface area (Å²) >= 11 is 0. The molecule has 1 saturated carbocycles. The van der Waals surface area contributed by atoms with Crippen molar-refractivity contribution in [2.24, 2.45) is 0 Å². The number of hydrogen-bond donors (Lipinski definition) is 1. The van der Waals surface area contributed by atoms with Gasteiger partial charge in [0.25, 0.3) is 11.2 Å². The van der Waals surface area contributed by atoms with Crippen molar-refractivity contribution in [1.29, 1.82) is 0 Å². The lowest BCUT2D eigenvalue weighted by Gasteiger charge is -2.33. The number of aromatic nitrogens is 1. The Morgan fingerprint density at radius 2 is 1.66 bits per heavy atom. The number of nitrogens with one attached hydrogen (secondary N) is 1. The van der Waals surface area contributed by atoms with Gasteiger partial charge in [-0.2, -0.15) is 4.31 Å². The van der Waals surface area contributed by atoms with Crippen molar-refractivity contribution < 1.29 is 22.8 Å². The summed E-state index contributed by atoms with van der Waals surface area (Å²) < 4.78 is 40.0. The number of H-pyrrole nitrogens is 1. The molecule has 0 amide bonds. The summed E-state index contributed by atoms with van der Waals surface area (Å²) in [5.74, 6) is 1.13. The van der Waals surface area contributed by atoms with Crippen molar-refractivity contribution in [3.05, 3.63) is 68.5 Å². The van der Waals surface area contributed by atoms with Crippen molar-refractivity contribution in [1.82, 2.24) is 9.29 Å². The lowest BCUT2D eigenvalue weighted by molar-refractivity contribution is -0.384. The molecule has 0 atom stereocenters. The van der Waals surface area contributed by atoms with Gasteiger partial charge in [0.1, 0.15) is 13.2 Å². The van der Waals surface area contributed by atoms with E-state index in [2.05, 4.69) is 4.98 Å². The average molecular weight is 500 g/mol. The zero-order chi connectivity index (χ0) is 24.6. The molecule has 0 bridgehead atoms. The predicted octanol–water partition coefficient (Wildman–Crippen LogP) is 3.73. The minimum Gasteiger partial charge on any atom is -0.486 e. The van der Waals surface area contributed by atoms with Gasteiger partial charge in [-0.15, -0.1) is 0 Å². The first-order valence-electron chi connectivity index (χ1n) is 11.5. The van der Waals surface area contributed by atoms with Crippen LogP contribution in [0.2, 0.25) is 0 Å². The molecule has 184 valence electrons. The Hall–Kier alpha value is -3.44. The van der Waals surface area contributed by atoms with Gasteiger partial charge >= 0.3 is 0 Å². The fraction of sp³-hybridized carbons (Fsp3) is 0.375. The highest BCUT2D eigenvalue weighted by atomic mass is 32.2. The Labute approximate surface area is 201 Å². The van der Waals surface area contributed by atoms with Gasteiger partial charge in [-0.3, -0.25) is 14.9 Å². The van der Waals surface area contributed by atoms with Crippen LogP contribution < -0.4 is 15.0 Å². The first-order chi connectivity index (χ1) is 16.8. The van der Waals surface area contributed by atoms with Crippen LogP contribution in [-0.2, 0) is 16.6 Å². The minimum absolute atomic E-state index is 0.0366. The zero-order valence-electron chi connectivity index (χ0n) is 18.9. The normalized spacial score (nSPS) is 16.5. The maximum absolute atomic E-state index is 13.7. The summed E-state index contributed by atoms with van der Waals surface area (Å²) in [5.41, 5.74) is 0.318. The molecule has 3 aromatic rings. The molecule has 2 aliphatic rings. The molecule has 0 unspecified atom stereocenters. The van der Waals surface area contributed by atoms with E-state index >= 15 is 0 Å². The van der Waals surface area contributed by atoms with E-state index < -0.39 is 14.9 Å². The number of benzene rings is 2. The molecule has 1 N–H and O–H groups in total. The topological polar surface area (TPSA) is 132 Å². The number of aromatic amines is 1. The first-order valence-corrected chi connectivity index (χ1v) is 13.0. The van der Waals surface area contributed by atoms with Gasteiger partial charge < -0.3 is 14.5 Å². The first kappa shape index (κ1) is 23.3. The van der Waals surface area contributed by atoms with Gasteiger partial charge in [-0.05, 0) is 37.1 Å². The van der Waals surface area contributed by atoms with Crippen LogP contribution >= 0.6 is 0 Å².